The first-order valence-electron chi connectivity index (χ1n) is 7.96. The number of amides is 2. The van der Waals surface area contributed by atoms with E-state index in [0.717, 1.165) is 15.5 Å². The second kappa shape index (κ2) is 10.1. The van der Waals surface area contributed by atoms with Gasteiger partial charge in [-0.3, -0.25) is 9.59 Å². The van der Waals surface area contributed by atoms with Crippen LogP contribution in [-0.2, 0) is 16.1 Å². The summed E-state index contributed by atoms with van der Waals surface area (Å²) in [6.07, 6.45) is 0. The Bertz CT molecular complexity index is 689. The minimum atomic E-state index is -0.147. The summed E-state index contributed by atoms with van der Waals surface area (Å²) in [4.78, 5) is 28.0. The molecule has 0 atom stereocenters. The van der Waals surface area contributed by atoms with Crippen molar-refractivity contribution in [2.45, 2.75) is 18.4 Å². The zero-order valence-electron chi connectivity index (χ0n) is 14.4. The Labute approximate surface area is 156 Å². The molecule has 0 fully saturated rings. The van der Waals surface area contributed by atoms with E-state index < -0.39 is 0 Å². The van der Waals surface area contributed by atoms with Gasteiger partial charge in [-0.1, -0.05) is 18.2 Å². The lowest BCUT2D eigenvalue weighted by molar-refractivity contribution is -0.133. The molecule has 25 heavy (non-hydrogen) atoms. The number of nitrogens with zero attached hydrogens (tertiary/aromatic N) is 1. The van der Waals surface area contributed by atoms with Crippen LogP contribution in [0.25, 0.3) is 0 Å². The second-order valence-electron chi connectivity index (χ2n) is 5.20. The smallest absolute Gasteiger partial charge is 0.239 e. The number of carbonyl (C=O) groups is 2. The van der Waals surface area contributed by atoms with Gasteiger partial charge in [-0.2, -0.15) is 0 Å². The molecule has 0 aliphatic heterocycles. The zero-order chi connectivity index (χ0) is 18.1. The molecule has 0 aliphatic rings. The van der Waals surface area contributed by atoms with Crippen LogP contribution in [0.3, 0.4) is 0 Å². The molecule has 0 spiro atoms. The van der Waals surface area contributed by atoms with Crippen LogP contribution in [0, 0.1) is 0 Å². The van der Waals surface area contributed by atoms with Crippen LogP contribution in [0.4, 0.5) is 0 Å². The van der Waals surface area contributed by atoms with Crippen LogP contribution >= 0.6 is 23.1 Å². The Morgan fingerprint density at radius 1 is 1.24 bits per heavy atom. The second-order valence-corrected chi connectivity index (χ2v) is 7.25. The van der Waals surface area contributed by atoms with E-state index in [-0.39, 0.29) is 24.1 Å². The number of nitrogens with one attached hydrogen (secondary N) is 1. The Kier molecular flexibility index (Phi) is 7.81. The third-order valence-corrected chi connectivity index (χ3v) is 5.44. The van der Waals surface area contributed by atoms with Gasteiger partial charge in [0.1, 0.15) is 5.75 Å². The Hall–Kier alpha value is -1.99. The highest BCUT2D eigenvalue weighted by Gasteiger charge is 2.16. The predicted octanol–water partition coefficient (Wildman–Crippen LogP) is 3.01. The molecule has 2 amide bonds. The quantitative estimate of drug-likeness (QED) is 0.682. The monoisotopic (exact) mass is 378 g/mol. The average Bonchev–Trinajstić information content (AvgIpc) is 3.16. The van der Waals surface area contributed by atoms with Crippen molar-refractivity contribution in [2.75, 3.05) is 26.0 Å². The molecule has 1 aromatic heterocycles. The maximum absolute atomic E-state index is 12.4. The molecule has 0 bridgehead atoms. The van der Waals surface area contributed by atoms with E-state index in [0.29, 0.717) is 13.1 Å². The van der Waals surface area contributed by atoms with Gasteiger partial charge in [0.15, 0.2) is 0 Å². The van der Waals surface area contributed by atoms with Gasteiger partial charge in [-0.25, -0.2) is 0 Å². The summed E-state index contributed by atoms with van der Waals surface area (Å²) in [6.45, 7) is 2.95. The normalized spacial score (nSPS) is 10.3. The van der Waals surface area contributed by atoms with E-state index in [1.54, 1.807) is 23.3 Å². The van der Waals surface area contributed by atoms with Crippen molar-refractivity contribution in [1.82, 2.24) is 10.2 Å². The van der Waals surface area contributed by atoms with Crippen molar-refractivity contribution in [3.8, 4) is 5.75 Å². The highest BCUT2D eigenvalue weighted by molar-refractivity contribution is 8.00. The van der Waals surface area contributed by atoms with Crippen LogP contribution in [0.5, 0.6) is 5.75 Å². The average molecular weight is 379 g/mol. The molecule has 1 heterocycles. The topological polar surface area (TPSA) is 58.6 Å². The number of thiophene rings is 1. The standard InChI is InChI=1S/C18H22N2O3S2/c1-3-20(12-17(21)19-11-14-7-6-10-24-14)18(22)13-25-16-9-5-4-8-15(16)23-2/h4-10H,3,11-13H2,1-2H3,(H,19,21). The Balaban J connectivity index is 1.82. The SMILES string of the molecule is CCN(CC(=O)NCc1cccs1)C(=O)CSc1ccccc1OC. The molecule has 0 unspecified atom stereocenters. The Morgan fingerprint density at radius 2 is 2.04 bits per heavy atom. The van der Waals surface area contributed by atoms with Gasteiger partial charge in [0, 0.05) is 16.3 Å². The van der Waals surface area contributed by atoms with Crippen LogP contribution < -0.4 is 10.1 Å². The van der Waals surface area contributed by atoms with Crippen molar-refractivity contribution in [3.63, 3.8) is 0 Å². The van der Waals surface area contributed by atoms with Crippen molar-refractivity contribution in [1.29, 1.82) is 0 Å². The fourth-order valence-electron chi connectivity index (χ4n) is 2.17. The third-order valence-electron chi connectivity index (χ3n) is 3.53. The van der Waals surface area contributed by atoms with E-state index in [9.17, 15) is 9.59 Å². The number of benzene rings is 1. The highest BCUT2D eigenvalue weighted by atomic mass is 32.2. The molecule has 2 aromatic rings. The molecular formula is C18H22N2O3S2. The van der Waals surface area contributed by atoms with Crippen LogP contribution in [0.1, 0.15) is 11.8 Å². The summed E-state index contributed by atoms with van der Waals surface area (Å²) in [6, 6.07) is 11.5. The minimum Gasteiger partial charge on any atom is -0.496 e. The number of methoxy groups -OCH3 is 1. The van der Waals surface area contributed by atoms with Gasteiger partial charge >= 0.3 is 0 Å². The molecule has 7 heteroatoms. The Morgan fingerprint density at radius 3 is 2.72 bits per heavy atom. The first kappa shape index (κ1) is 19.3. The van der Waals surface area contributed by atoms with Crippen LogP contribution in [0.15, 0.2) is 46.7 Å². The van der Waals surface area contributed by atoms with E-state index >= 15 is 0 Å². The molecule has 0 saturated heterocycles. The molecular weight excluding hydrogens is 356 g/mol. The zero-order valence-corrected chi connectivity index (χ0v) is 16.0. The number of likely N-dealkylation sites (N-methyl/N-ethyl adjacent to an activating group) is 1. The summed E-state index contributed by atoms with van der Waals surface area (Å²) in [5, 5.41) is 4.82. The lowest BCUT2D eigenvalue weighted by atomic mass is 10.3. The molecule has 0 aliphatic carbocycles. The maximum Gasteiger partial charge on any atom is 0.239 e. The van der Waals surface area contributed by atoms with Crippen molar-refractivity contribution in [3.05, 3.63) is 46.7 Å². The summed E-state index contributed by atoms with van der Waals surface area (Å²) in [7, 11) is 1.61. The van der Waals surface area contributed by atoms with Gasteiger partial charge in [0.05, 0.1) is 26.0 Å². The third kappa shape index (κ3) is 6.10. The first-order chi connectivity index (χ1) is 12.1. The largest absolute Gasteiger partial charge is 0.496 e. The summed E-state index contributed by atoms with van der Waals surface area (Å²) >= 11 is 3.01. The summed E-state index contributed by atoms with van der Waals surface area (Å²) in [5.41, 5.74) is 0. The summed E-state index contributed by atoms with van der Waals surface area (Å²) in [5.74, 6) is 0.805. The number of para-hydroxylation sites is 1. The van der Waals surface area contributed by atoms with Gasteiger partial charge in [-0.15, -0.1) is 23.1 Å². The molecule has 2 rings (SSSR count). The minimum absolute atomic E-state index is 0.0651. The highest BCUT2D eigenvalue weighted by Crippen LogP contribution is 2.28. The van der Waals surface area contributed by atoms with Gasteiger partial charge in [0.2, 0.25) is 11.8 Å². The fourth-order valence-corrected chi connectivity index (χ4v) is 3.75. The van der Waals surface area contributed by atoms with E-state index in [2.05, 4.69) is 5.32 Å². The van der Waals surface area contributed by atoms with E-state index in [1.807, 2.05) is 48.7 Å². The van der Waals surface area contributed by atoms with Gasteiger partial charge < -0.3 is 15.0 Å². The molecule has 5 nitrogen and oxygen atoms in total. The van der Waals surface area contributed by atoms with Crippen molar-refractivity contribution < 1.29 is 14.3 Å². The van der Waals surface area contributed by atoms with Crippen molar-refractivity contribution >= 4 is 34.9 Å². The molecule has 1 N–H and O–H groups in total. The van der Waals surface area contributed by atoms with Gasteiger partial charge in [0.25, 0.3) is 0 Å². The number of thioether (sulfide) groups is 1. The molecule has 0 radical (unpaired) electrons. The predicted molar refractivity (Wildman–Crippen MR) is 102 cm³/mol. The molecule has 1 aromatic carbocycles. The molecule has 134 valence electrons. The lowest BCUT2D eigenvalue weighted by Gasteiger charge is -2.20. The van der Waals surface area contributed by atoms with Crippen molar-refractivity contribution in [2.24, 2.45) is 0 Å². The number of hydrogen-bond donors (Lipinski definition) is 1. The first-order valence-corrected chi connectivity index (χ1v) is 9.83. The number of hydrogen-bond acceptors (Lipinski definition) is 5. The summed E-state index contributed by atoms with van der Waals surface area (Å²) < 4.78 is 5.29. The van der Waals surface area contributed by atoms with E-state index in [4.69, 9.17) is 4.74 Å². The van der Waals surface area contributed by atoms with Crippen LogP contribution in [-0.4, -0.2) is 42.7 Å². The van der Waals surface area contributed by atoms with E-state index in [1.165, 1.54) is 11.8 Å². The maximum atomic E-state index is 12.4. The fraction of sp³-hybridized carbons (Fsp3) is 0.333. The number of rotatable bonds is 9. The number of ether oxygens (including phenoxy) is 1. The molecule has 0 saturated carbocycles. The number of carbonyl (C=O) groups excluding carboxylic acids is 2. The van der Waals surface area contributed by atoms with Crippen LogP contribution in [0.2, 0.25) is 0 Å². The van der Waals surface area contributed by atoms with Gasteiger partial charge in [-0.05, 0) is 30.5 Å². The lowest BCUT2D eigenvalue weighted by Crippen LogP contribution is -2.41.